The summed E-state index contributed by atoms with van der Waals surface area (Å²) in [5, 5.41) is 11.8. The number of ketones is 1. The largest absolute Gasteiger partial charge is 0.361 e. The summed E-state index contributed by atoms with van der Waals surface area (Å²) >= 11 is 0. The van der Waals surface area contributed by atoms with E-state index >= 15 is 0 Å². The second-order valence-corrected chi connectivity index (χ2v) is 5.62. The molecule has 0 spiro atoms. The molecular weight excluding hydrogens is 292 g/mol. The number of carbonyl (C=O) groups excluding carboxylic acids is 1. The zero-order valence-corrected chi connectivity index (χ0v) is 12.7. The van der Waals surface area contributed by atoms with E-state index in [-0.39, 0.29) is 17.4 Å². The molecule has 0 saturated carbocycles. The van der Waals surface area contributed by atoms with Crippen LogP contribution in [0.2, 0.25) is 0 Å². The van der Waals surface area contributed by atoms with Crippen LogP contribution < -0.4 is 0 Å². The summed E-state index contributed by atoms with van der Waals surface area (Å²) in [5.41, 5.74) is 2.65. The van der Waals surface area contributed by atoms with Crippen molar-refractivity contribution in [1.82, 2.24) is 4.98 Å². The Bertz CT molecular complexity index is 865. The smallest absolute Gasteiger partial charge is 0.269 e. The molecular formula is C18H16N2O3. The van der Waals surface area contributed by atoms with E-state index in [1.165, 1.54) is 24.3 Å². The molecule has 23 heavy (non-hydrogen) atoms. The third-order valence-corrected chi connectivity index (χ3v) is 4.04. The van der Waals surface area contributed by atoms with Gasteiger partial charge < -0.3 is 4.98 Å². The van der Waals surface area contributed by atoms with Crippen molar-refractivity contribution in [2.24, 2.45) is 0 Å². The van der Waals surface area contributed by atoms with E-state index in [0.29, 0.717) is 12.0 Å². The fourth-order valence-electron chi connectivity index (χ4n) is 2.78. The number of fused-ring (bicyclic) bond motifs is 1. The summed E-state index contributed by atoms with van der Waals surface area (Å²) in [4.78, 5) is 25.8. The second kappa shape index (κ2) is 6.04. The molecule has 0 saturated heterocycles. The molecule has 3 aromatic rings. The molecule has 0 radical (unpaired) electrons. The van der Waals surface area contributed by atoms with E-state index in [1.807, 2.05) is 37.4 Å². The molecule has 1 N–H and O–H groups in total. The number of benzene rings is 2. The number of carbonyl (C=O) groups is 1. The van der Waals surface area contributed by atoms with Crippen LogP contribution in [0.4, 0.5) is 5.69 Å². The van der Waals surface area contributed by atoms with Crippen LogP contribution in [0.25, 0.3) is 10.9 Å². The molecule has 1 atom stereocenters. The van der Waals surface area contributed by atoms with Gasteiger partial charge in [-0.05, 0) is 29.7 Å². The molecule has 1 aromatic heterocycles. The fraction of sp³-hybridized carbons (Fsp3) is 0.167. The lowest BCUT2D eigenvalue weighted by Crippen LogP contribution is -2.05. The lowest BCUT2D eigenvalue weighted by molar-refractivity contribution is -0.384. The highest BCUT2D eigenvalue weighted by molar-refractivity contribution is 5.97. The Kier molecular flexibility index (Phi) is 3.93. The van der Waals surface area contributed by atoms with E-state index in [0.717, 1.165) is 16.5 Å². The number of Topliss-reactive ketones (excluding diaryl/α,β-unsaturated/α-hetero) is 1. The number of nitro groups is 1. The van der Waals surface area contributed by atoms with Gasteiger partial charge in [0.15, 0.2) is 5.78 Å². The minimum absolute atomic E-state index is 0.00812. The Hall–Kier alpha value is -2.95. The van der Waals surface area contributed by atoms with Crippen LogP contribution in [0.3, 0.4) is 0 Å². The fourth-order valence-corrected chi connectivity index (χ4v) is 2.78. The van der Waals surface area contributed by atoms with E-state index < -0.39 is 4.92 Å². The number of H-pyrrole nitrogens is 1. The van der Waals surface area contributed by atoms with E-state index in [2.05, 4.69) is 4.98 Å². The summed E-state index contributed by atoms with van der Waals surface area (Å²) in [5.74, 6) is 0.0477. The Morgan fingerprint density at radius 3 is 2.57 bits per heavy atom. The molecule has 0 bridgehead atoms. The van der Waals surface area contributed by atoms with Crippen molar-refractivity contribution in [2.45, 2.75) is 19.3 Å². The van der Waals surface area contributed by atoms with Crippen LogP contribution in [0.1, 0.15) is 35.2 Å². The molecule has 1 unspecified atom stereocenters. The molecule has 2 aromatic carbocycles. The van der Waals surface area contributed by atoms with Gasteiger partial charge in [0, 0.05) is 41.2 Å². The van der Waals surface area contributed by atoms with Crippen molar-refractivity contribution < 1.29 is 9.72 Å². The minimum Gasteiger partial charge on any atom is -0.361 e. The van der Waals surface area contributed by atoms with E-state index in [9.17, 15) is 14.9 Å². The molecule has 5 nitrogen and oxygen atoms in total. The summed E-state index contributed by atoms with van der Waals surface area (Å²) in [6, 6.07) is 13.7. The Morgan fingerprint density at radius 1 is 1.17 bits per heavy atom. The van der Waals surface area contributed by atoms with Gasteiger partial charge in [-0.15, -0.1) is 0 Å². The van der Waals surface area contributed by atoms with Gasteiger partial charge in [-0.1, -0.05) is 25.1 Å². The van der Waals surface area contributed by atoms with Gasteiger partial charge in [0.2, 0.25) is 0 Å². The molecule has 0 aliphatic carbocycles. The highest BCUT2D eigenvalue weighted by Gasteiger charge is 2.17. The first-order chi connectivity index (χ1) is 11.1. The van der Waals surface area contributed by atoms with E-state index in [1.54, 1.807) is 0 Å². The Labute approximate surface area is 133 Å². The van der Waals surface area contributed by atoms with Crippen LogP contribution in [0.5, 0.6) is 0 Å². The third-order valence-electron chi connectivity index (χ3n) is 4.04. The molecule has 1 heterocycles. The first-order valence-corrected chi connectivity index (χ1v) is 7.40. The zero-order valence-electron chi connectivity index (χ0n) is 12.7. The first kappa shape index (κ1) is 15.0. The van der Waals surface area contributed by atoms with Gasteiger partial charge in [0.25, 0.3) is 5.69 Å². The highest BCUT2D eigenvalue weighted by Crippen LogP contribution is 2.28. The summed E-state index contributed by atoms with van der Waals surface area (Å²) in [6.07, 6.45) is 2.30. The quantitative estimate of drug-likeness (QED) is 0.429. The maximum atomic E-state index is 12.4. The first-order valence-electron chi connectivity index (χ1n) is 7.40. The van der Waals surface area contributed by atoms with Crippen molar-refractivity contribution in [1.29, 1.82) is 0 Å². The van der Waals surface area contributed by atoms with Crippen LogP contribution in [0.15, 0.2) is 54.7 Å². The maximum Gasteiger partial charge on any atom is 0.269 e. The molecule has 0 aliphatic heterocycles. The lowest BCUT2D eigenvalue weighted by atomic mass is 9.93. The number of non-ortho nitro benzene ring substituents is 1. The number of hydrogen-bond donors (Lipinski definition) is 1. The van der Waals surface area contributed by atoms with Gasteiger partial charge in [-0.2, -0.15) is 0 Å². The van der Waals surface area contributed by atoms with Crippen molar-refractivity contribution in [3.8, 4) is 0 Å². The van der Waals surface area contributed by atoms with Crippen molar-refractivity contribution in [3.05, 3.63) is 76.0 Å². The van der Waals surface area contributed by atoms with Crippen molar-refractivity contribution in [2.75, 3.05) is 0 Å². The minimum atomic E-state index is -0.469. The standard InChI is InChI=1S/C18H16N2O3/c1-12(16-11-19-17-5-3-2-4-15(16)17)10-18(21)13-6-8-14(9-7-13)20(22)23/h2-9,11-12,19H,10H2,1H3. The topological polar surface area (TPSA) is 76.0 Å². The molecule has 5 heteroatoms. The highest BCUT2D eigenvalue weighted by atomic mass is 16.6. The SMILES string of the molecule is CC(CC(=O)c1ccc([N+](=O)[O-])cc1)c1c[nH]c2ccccc12. The van der Waals surface area contributed by atoms with Crippen LogP contribution in [-0.2, 0) is 0 Å². The Balaban J connectivity index is 1.78. The van der Waals surface area contributed by atoms with Crippen molar-refractivity contribution in [3.63, 3.8) is 0 Å². The number of aromatic nitrogens is 1. The number of nitrogens with zero attached hydrogens (tertiary/aromatic N) is 1. The van der Waals surface area contributed by atoms with E-state index in [4.69, 9.17) is 0 Å². The van der Waals surface area contributed by atoms with Gasteiger partial charge in [0.1, 0.15) is 0 Å². The second-order valence-electron chi connectivity index (χ2n) is 5.62. The number of para-hydroxylation sites is 1. The number of aromatic amines is 1. The number of rotatable bonds is 5. The summed E-state index contributed by atoms with van der Waals surface area (Å²) in [7, 11) is 0. The van der Waals surface area contributed by atoms with Crippen LogP contribution in [-0.4, -0.2) is 15.7 Å². The zero-order chi connectivity index (χ0) is 16.4. The normalized spacial score (nSPS) is 12.2. The average Bonchev–Trinajstić information content (AvgIpc) is 2.99. The molecule has 0 fully saturated rings. The van der Waals surface area contributed by atoms with Crippen LogP contribution in [0, 0.1) is 10.1 Å². The summed E-state index contributed by atoms with van der Waals surface area (Å²) < 4.78 is 0. The molecule has 0 aliphatic rings. The maximum absolute atomic E-state index is 12.4. The number of nitro benzene ring substituents is 1. The predicted octanol–water partition coefficient (Wildman–Crippen LogP) is 4.45. The lowest BCUT2D eigenvalue weighted by Gasteiger charge is -2.10. The number of nitrogens with one attached hydrogen (secondary N) is 1. The van der Waals surface area contributed by atoms with Gasteiger partial charge >= 0.3 is 0 Å². The van der Waals surface area contributed by atoms with Crippen molar-refractivity contribution >= 4 is 22.4 Å². The molecule has 0 amide bonds. The van der Waals surface area contributed by atoms with Crippen LogP contribution >= 0.6 is 0 Å². The molecule has 116 valence electrons. The predicted molar refractivity (Wildman–Crippen MR) is 88.8 cm³/mol. The monoisotopic (exact) mass is 308 g/mol. The third kappa shape index (κ3) is 2.99. The summed E-state index contributed by atoms with van der Waals surface area (Å²) in [6.45, 7) is 2.01. The van der Waals surface area contributed by atoms with Gasteiger partial charge in [-0.3, -0.25) is 14.9 Å². The van der Waals surface area contributed by atoms with Gasteiger partial charge in [-0.25, -0.2) is 0 Å². The molecule has 3 rings (SSSR count). The number of hydrogen-bond acceptors (Lipinski definition) is 3. The Morgan fingerprint density at radius 2 is 1.87 bits per heavy atom. The average molecular weight is 308 g/mol. The van der Waals surface area contributed by atoms with Gasteiger partial charge in [0.05, 0.1) is 4.92 Å².